The number of methoxy groups -OCH3 is 1. The lowest BCUT2D eigenvalue weighted by molar-refractivity contribution is -0.270. The van der Waals surface area contributed by atoms with Gasteiger partial charge in [0.1, 0.15) is 5.82 Å². The number of rotatable bonds is 12. The van der Waals surface area contributed by atoms with Crippen molar-refractivity contribution in [3.8, 4) is 22.8 Å². The smallest absolute Gasteiger partial charge is 0.423 e. The highest BCUT2D eigenvalue weighted by molar-refractivity contribution is 6.31. The second-order valence-corrected chi connectivity index (χ2v) is 12.6. The molecule has 12 heteroatoms. The molecule has 7 nitrogen and oxygen atoms in total. The summed E-state index contributed by atoms with van der Waals surface area (Å²) < 4.78 is 69.2. The first-order valence-electron chi connectivity index (χ1n) is 14.9. The van der Waals surface area contributed by atoms with Crippen molar-refractivity contribution in [2.45, 2.75) is 81.8 Å². The van der Waals surface area contributed by atoms with Crippen molar-refractivity contribution in [3.05, 3.63) is 76.2 Å². The van der Waals surface area contributed by atoms with Crippen LogP contribution < -0.4 is 20.1 Å². The van der Waals surface area contributed by atoms with Crippen LogP contribution in [0, 0.1) is 5.82 Å². The van der Waals surface area contributed by atoms with E-state index in [0.29, 0.717) is 17.1 Å². The molecule has 2 aliphatic rings. The molecule has 45 heavy (non-hydrogen) atoms. The summed E-state index contributed by atoms with van der Waals surface area (Å²) in [5.74, 6) is -0.533. The number of benzene rings is 2. The average Bonchev–Trinajstić information content (AvgIpc) is 3.79. The van der Waals surface area contributed by atoms with Crippen LogP contribution in [0.5, 0.6) is 11.5 Å². The number of alkyl halides is 3. The van der Waals surface area contributed by atoms with Crippen LogP contribution >= 0.6 is 11.6 Å². The summed E-state index contributed by atoms with van der Waals surface area (Å²) >= 11 is 5.99. The molecule has 0 radical (unpaired) electrons. The Kier molecular flexibility index (Phi) is 9.35. The van der Waals surface area contributed by atoms with Crippen molar-refractivity contribution in [1.82, 2.24) is 15.6 Å². The Morgan fingerprint density at radius 2 is 1.78 bits per heavy atom. The molecule has 1 amide bonds. The second kappa shape index (κ2) is 12.8. The molecule has 1 heterocycles. The van der Waals surface area contributed by atoms with E-state index in [-0.39, 0.29) is 34.0 Å². The van der Waals surface area contributed by atoms with Crippen LogP contribution in [0.2, 0.25) is 5.02 Å². The van der Waals surface area contributed by atoms with Gasteiger partial charge in [-0.25, -0.2) is 9.37 Å². The Morgan fingerprint density at radius 1 is 1.04 bits per heavy atom. The lowest BCUT2D eigenvalue weighted by atomic mass is 9.84. The quantitative estimate of drug-likeness (QED) is 0.182. The first-order valence-corrected chi connectivity index (χ1v) is 15.3. The highest BCUT2D eigenvalue weighted by Gasteiger charge is 2.56. The van der Waals surface area contributed by atoms with Crippen LogP contribution in [0.1, 0.15) is 74.0 Å². The number of ether oxygens (including phenoxy) is 2. The van der Waals surface area contributed by atoms with Gasteiger partial charge in [0.25, 0.3) is 5.91 Å². The fourth-order valence-corrected chi connectivity index (χ4v) is 5.38. The number of aromatic nitrogens is 1. The number of nitrogens with zero attached hydrogens (tertiary/aromatic N) is 1. The first-order chi connectivity index (χ1) is 21.2. The van der Waals surface area contributed by atoms with Gasteiger partial charge in [0.2, 0.25) is 5.60 Å². The van der Waals surface area contributed by atoms with E-state index >= 15 is 0 Å². The van der Waals surface area contributed by atoms with Gasteiger partial charge in [0.05, 0.1) is 29.6 Å². The lowest BCUT2D eigenvalue weighted by Gasteiger charge is -2.38. The van der Waals surface area contributed by atoms with Crippen LogP contribution in [0.4, 0.5) is 17.6 Å². The summed E-state index contributed by atoms with van der Waals surface area (Å²) in [4.78, 5) is 17.1. The molecular weight excluding hydrogens is 614 g/mol. The van der Waals surface area contributed by atoms with Crippen molar-refractivity contribution in [1.29, 1.82) is 0 Å². The molecule has 3 N–H and O–H groups in total. The molecule has 1 aromatic heterocycles. The minimum atomic E-state index is -5.16. The second-order valence-electron chi connectivity index (χ2n) is 12.2. The van der Waals surface area contributed by atoms with Gasteiger partial charge in [-0.3, -0.25) is 4.79 Å². The zero-order chi connectivity index (χ0) is 32.6. The molecule has 3 aromatic rings. The van der Waals surface area contributed by atoms with Crippen molar-refractivity contribution >= 4 is 17.5 Å². The highest BCUT2D eigenvalue weighted by atomic mass is 35.5. The van der Waals surface area contributed by atoms with Gasteiger partial charge >= 0.3 is 6.18 Å². The Bertz CT molecular complexity index is 1560. The summed E-state index contributed by atoms with van der Waals surface area (Å²) in [7, 11) is 1.43. The maximum absolute atomic E-state index is 14.7. The highest BCUT2D eigenvalue weighted by Crippen LogP contribution is 2.43. The van der Waals surface area contributed by atoms with Gasteiger partial charge in [-0.05, 0) is 93.6 Å². The SMILES string of the molecule is COc1cc(C(=O)NCCC(O)(c2cc(C(C)(C)NC3CCC3)cc(-c3ccc(F)c(Cl)c3)n2)C(F)(F)F)ccc1OC1CC1. The van der Waals surface area contributed by atoms with E-state index in [4.69, 9.17) is 21.1 Å². The summed E-state index contributed by atoms with van der Waals surface area (Å²) in [6.07, 6.45) is -1.18. The third-order valence-electron chi connectivity index (χ3n) is 8.34. The zero-order valence-corrected chi connectivity index (χ0v) is 26.0. The summed E-state index contributed by atoms with van der Waals surface area (Å²) in [5, 5.41) is 17.1. The van der Waals surface area contributed by atoms with Crippen molar-refractivity contribution in [3.63, 3.8) is 0 Å². The molecule has 2 fully saturated rings. The van der Waals surface area contributed by atoms with E-state index in [0.717, 1.165) is 38.2 Å². The molecule has 2 aromatic carbocycles. The third-order valence-corrected chi connectivity index (χ3v) is 8.63. The van der Waals surface area contributed by atoms with Gasteiger partial charge in [0, 0.05) is 35.7 Å². The average molecular weight is 650 g/mol. The van der Waals surface area contributed by atoms with E-state index < -0.39 is 47.7 Å². The number of aliphatic hydroxyl groups is 1. The van der Waals surface area contributed by atoms with Crippen LogP contribution in [-0.4, -0.2) is 48.0 Å². The van der Waals surface area contributed by atoms with Gasteiger partial charge in [-0.15, -0.1) is 0 Å². The van der Waals surface area contributed by atoms with Gasteiger partial charge < -0.3 is 25.2 Å². The normalized spacial score (nSPS) is 16.9. The predicted octanol–water partition coefficient (Wildman–Crippen LogP) is 7.04. The van der Waals surface area contributed by atoms with Gasteiger partial charge in [0.15, 0.2) is 11.5 Å². The standard InChI is InChI=1S/C33H36ClF4N3O4/c1-31(2,41-22-5-4-6-22)21-17-26(19-7-11-25(35)24(34)15-19)40-29(18-21)32(43,33(36,37)38)13-14-39-30(42)20-8-12-27(28(16-20)44-3)45-23-9-10-23/h7-8,11-12,15-18,22-23,41,43H,4-6,9-10,13-14H2,1-3H3,(H,39,42). The third kappa shape index (κ3) is 7.37. The van der Waals surface area contributed by atoms with E-state index in [1.54, 1.807) is 12.1 Å². The number of nitrogens with one attached hydrogen (secondary N) is 2. The molecule has 0 saturated heterocycles. The number of carbonyl (C=O) groups excluding carboxylic acids is 1. The number of amides is 1. The van der Waals surface area contributed by atoms with Crippen LogP contribution in [0.3, 0.4) is 0 Å². The van der Waals surface area contributed by atoms with Crippen molar-refractivity contribution in [2.24, 2.45) is 0 Å². The van der Waals surface area contributed by atoms with Crippen LogP contribution in [0.25, 0.3) is 11.3 Å². The molecule has 0 bridgehead atoms. The largest absolute Gasteiger partial charge is 0.493 e. The minimum absolute atomic E-state index is 0.0835. The lowest BCUT2D eigenvalue weighted by Crippen LogP contribution is -2.48. The molecule has 2 saturated carbocycles. The summed E-state index contributed by atoms with van der Waals surface area (Å²) in [5.41, 5.74) is -3.90. The molecule has 2 aliphatic carbocycles. The Hall–Kier alpha value is -3.41. The fraction of sp³-hybridized carbons (Fsp3) is 0.455. The molecule has 242 valence electrons. The number of carbonyl (C=O) groups is 1. The van der Waals surface area contributed by atoms with Crippen molar-refractivity contribution < 1.29 is 36.9 Å². The number of halogens is 5. The predicted molar refractivity (Wildman–Crippen MR) is 162 cm³/mol. The first kappa shape index (κ1) is 33.0. The fourth-order valence-electron chi connectivity index (χ4n) is 5.20. The van der Waals surface area contributed by atoms with Crippen LogP contribution in [-0.2, 0) is 11.1 Å². The maximum Gasteiger partial charge on any atom is 0.423 e. The molecule has 0 aliphatic heterocycles. The van der Waals surface area contributed by atoms with Crippen LogP contribution in [0.15, 0.2) is 48.5 Å². The van der Waals surface area contributed by atoms with Gasteiger partial charge in [-0.1, -0.05) is 18.0 Å². The molecule has 1 unspecified atom stereocenters. The number of pyridine rings is 1. The summed E-state index contributed by atoms with van der Waals surface area (Å²) in [6.45, 7) is 3.16. The van der Waals surface area contributed by atoms with E-state index in [2.05, 4.69) is 15.6 Å². The Morgan fingerprint density at radius 3 is 2.38 bits per heavy atom. The Balaban J connectivity index is 1.43. The van der Waals surface area contributed by atoms with Gasteiger partial charge in [-0.2, -0.15) is 13.2 Å². The molecular formula is C33H36ClF4N3O4. The summed E-state index contributed by atoms with van der Waals surface area (Å²) in [6, 6.07) is 11.3. The van der Waals surface area contributed by atoms with E-state index in [1.807, 2.05) is 13.8 Å². The molecule has 5 rings (SSSR count). The topological polar surface area (TPSA) is 92.7 Å². The number of hydrogen-bond acceptors (Lipinski definition) is 6. The monoisotopic (exact) mass is 649 g/mol. The maximum atomic E-state index is 14.7. The van der Waals surface area contributed by atoms with E-state index in [1.165, 1.54) is 37.4 Å². The zero-order valence-electron chi connectivity index (χ0n) is 25.2. The minimum Gasteiger partial charge on any atom is -0.493 e. The Labute approximate surface area is 264 Å². The molecule has 1 atom stereocenters. The van der Waals surface area contributed by atoms with Crippen molar-refractivity contribution in [2.75, 3.05) is 13.7 Å². The number of hydrogen-bond donors (Lipinski definition) is 3. The molecule has 0 spiro atoms. The van der Waals surface area contributed by atoms with E-state index in [9.17, 15) is 27.5 Å².